The maximum absolute atomic E-state index is 13.1. The Hall–Kier alpha value is -1.20. The summed E-state index contributed by atoms with van der Waals surface area (Å²) >= 11 is 0. The maximum atomic E-state index is 13.1. The van der Waals surface area contributed by atoms with Crippen molar-refractivity contribution in [3.63, 3.8) is 0 Å². The van der Waals surface area contributed by atoms with E-state index >= 15 is 0 Å². The minimum atomic E-state index is -5.18. The van der Waals surface area contributed by atoms with E-state index in [0.717, 1.165) is 43.9 Å². The molecule has 0 aliphatic heterocycles. The summed E-state index contributed by atoms with van der Waals surface area (Å²) in [6, 6.07) is 2.40. The number of hydrogen-bond donors (Lipinski definition) is 0. The third-order valence-electron chi connectivity index (χ3n) is 3.53. The van der Waals surface area contributed by atoms with Gasteiger partial charge in [0.15, 0.2) is 0 Å². The van der Waals surface area contributed by atoms with Gasteiger partial charge >= 0.3 is 6.98 Å². The topological polar surface area (TPSA) is 9.23 Å². The van der Waals surface area contributed by atoms with Crippen LogP contribution in [-0.2, 0) is 0 Å². The fourth-order valence-electron chi connectivity index (χ4n) is 2.47. The lowest BCUT2D eigenvalue weighted by molar-refractivity contribution is 0.209. The molecule has 0 amide bonds. The van der Waals surface area contributed by atoms with Gasteiger partial charge in [-0.05, 0) is 24.8 Å². The zero-order chi connectivity index (χ0) is 13.9. The van der Waals surface area contributed by atoms with Gasteiger partial charge in [0.05, 0.1) is 12.4 Å². The predicted molar refractivity (Wildman–Crippen MR) is 67.2 cm³/mol. The molecule has 1 aromatic rings. The van der Waals surface area contributed by atoms with Crippen LogP contribution in [0, 0.1) is 11.7 Å². The Labute approximate surface area is 110 Å². The average molecular weight is 275 g/mol. The summed E-state index contributed by atoms with van der Waals surface area (Å²) in [6.45, 7) is -4.94. The van der Waals surface area contributed by atoms with Crippen molar-refractivity contribution in [1.82, 2.24) is 0 Å². The summed E-state index contributed by atoms with van der Waals surface area (Å²) in [4.78, 5) is 0. The molecule has 1 aromatic carbocycles. The number of ether oxygens (including phenoxy) is 1. The highest BCUT2D eigenvalue weighted by atomic mass is 19.4. The fraction of sp³-hybridized carbons (Fsp3) is 0.538. The highest BCUT2D eigenvalue weighted by Crippen LogP contribution is 2.25. The molecule has 0 radical (unpaired) electrons. The van der Waals surface area contributed by atoms with Gasteiger partial charge in [0.1, 0.15) is 5.82 Å². The second-order valence-electron chi connectivity index (χ2n) is 5.07. The van der Waals surface area contributed by atoms with Crippen molar-refractivity contribution in [2.24, 2.45) is 5.92 Å². The minimum Gasteiger partial charge on any atom is -0.496 e. The molecule has 19 heavy (non-hydrogen) atoms. The standard InChI is InChI=1S/C13H16BF4O/c15-11-6-7-12(14(16,17)18)13(8-11)19-9-10-4-2-1-3-5-10/h6-8,10H,1-5,9H2/q-1. The van der Waals surface area contributed by atoms with Gasteiger partial charge in [-0.3, -0.25) is 0 Å². The van der Waals surface area contributed by atoms with Crippen LogP contribution in [0.5, 0.6) is 5.75 Å². The summed E-state index contributed by atoms with van der Waals surface area (Å²) in [6.07, 6.45) is 5.30. The van der Waals surface area contributed by atoms with Crippen LogP contribution in [0.2, 0.25) is 0 Å². The first-order valence-electron chi connectivity index (χ1n) is 6.59. The van der Waals surface area contributed by atoms with E-state index in [9.17, 15) is 17.3 Å². The van der Waals surface area contributed by atoms with Crippen molar-refractivity contribution in [3.8, 4) is 5.75 Å². The summed E-state index contributed by atoms with van der Waals surface area (Å²) in [5.41, 5.74) is -0.850. The first-order valence-corrected chi connectivity index (χ1v) is 6.59. The van der Waals surface area contributed by atoms with Crippen molar-refractivity contribution in [3.05, 3.63) is 24.0 Å². The second kappa shape index (κ2) is 5.84. The first-order chi connectivity index (χ1) is 8.97. The van der Waals surface area contributed by atoms with Gasteiger partial charge in [0.25, 0.3) is 0 Å². The molecule has 1 aliphatic rings. The highest BCUT2D eigenvalue weighted by Gasteiger charge is 2.29. The summed E-state index contributed by atoms with van der Waals surface area (Å²) in [7, 11) is 0. The molecule has 6 heteroatoms. The van der Waals surface area contributed by atoms with Crippen LogP contribution >= 0.6 is 0 Å². The van der Waals surface area contributed by atoms with E-state index in [-0.39, 0.29) is 18.3 Å². The van der Waals surface area contributed by atoms with E-state index in [1.807, 2.05) is 0 Å². The number of benzene rings is 1. The van der Waals surface area contributed by atoms with E-state index < -0.39 is 18.3 Å². The van der Waals surface area contributed by atoms with E-state index in [1.165, 1.54) is 6.42 Å². The first kappa shape index (κ1) is 14.2. The SMILES string of the molecule is Fc1ccc([B-](F)(F)F)c(OCC2CCCCC2)c1. The van der Waals surface area contributed by atoms with Crippen molar-refractivity contribution in [2.75, 3.05) is 6.61 Å². The molecular weight excluding hydrogens is 259 g/mol. The molecule has 0 heterocycles. The minimum absolute atomic E-state index is 0.239. The van der Waals surface area contributed by atoms with Crippen LogP contribution in [0.3, 0.4) is 0 Å². The highest BCUT2D eigenvalue weighted by molar-refractivity contribution is 6.74. The van der Waals surface area contributed by atoms with Crippen LogP contribution in [0.4, 0.5) is 17.3 Å². The molecule has 1 saturated carbocycles. The van der Waals surface area contributed by atoms with Crippen LogP contribution < -0.4 is 10.2 Å². The molecule has 1 nitrogen and oxygen atoms in total. The second-order valence-corrected chi connectivity index (χ2v) is 5.07. The lowest BCUT2D eigenvalue weighted by Gasteiger charge is -2.24. The van der Waals surface area contributed by atoms with Crippen LogP contribution in [0.15, 0.2) is 18.2 Å². The van der Waals surface area contributed by atoms with Gasteiger partial charge in [0.2, 0.25) is 0 Å². The third-order valence-corrected chi connectivity index (χ3v) is 3.53. The number of hydrogen-bond acceptors (Lipinski definition) is 1. The number of halogens is 4. The zero-order valence-corrected chi connectivity index (χ0v) is 10.5. The Kier molecular flexibility index (Phi) is 4.37. The Balaban J connectivity index is 2.07. The van der Waals surface area contributed by atoms with E-state index in [2.05, 4.69) is 0 Å². The Morgan fingerprint density at radius 1 is 1.11 bits per heavy atom. The largest absolute Gasteiger partial charge is 0.513 e. The molecule has 1 aliphatic carbocycles. The monoisotopic (exact) mass is 275 g/mol. The van der Waals surface area contributed by atoms with Crippen LogP contribution in [0.25, 0.3) is 0 Å². The Morgan fingerprint density at radius 3 is 2.42 bits per heavy atom. The molecule has 2 rings (SSSR count). The van der Waals surface area contributed by atoms with Gasteiger partial charge in [-0.25, -0.2) is 4.39 Å². The number of rotatable bonds is 4. The van der Waals surface area contributed by atoms with E-state index in [1.54, 1.807) is 0 Å². The molecule has 106 valence electrons. The molecule has 0 N–H and O–H groups in total. The van der Waals surface area contributed by atoms with Gasteiger partial charge < -0.3 is 17.7 Å². The Bertz CT molecular complexity index is 427. The lowest BCUT2D eigenvalue weighted by Crippen LogP contribution is -2.36. The predicted octanol–water partition coefficient (Wildman–Crippen LogP) is 3.84. The normalized spacial score (nSPS) is 17.5. The summed E-state index contributed by atoms with van der Waals surface area (Å²) < 4.78 is 56.7. The van der Waals surface area contributed by atoms with Crippen molar-refractivity contribution < 1.29 is 22.1 Å². The van der Waals surface area contributed by atoms with Gasteiger partial charge in [-0.2, -0.15) is 0 Å². The molecule has 0 aromatic heterocycles. The molecule has 0 spiro atoms. The van der Waals surface area contributed by atoms with E-state index in [0.29, 0.717) is 0 Å². The maximum Gasteiger partial charge on any atom is 0.513 e. The van der Waals surface area contributed by atoms with Gasteiger partial charge in [-0.1, -0.05) is 30.8 Å². The molecule has 0 unspecified atom stereocenters. The molecule has 1 fully saturated rings. The fourth-order valence-corrected chi connectivity index (χ4v) is 2.47. The lowest BCUT2D eigenvalue weighted by atomic mass is 9.79. The smallest absolute Gasteiger partial charge is 0.496 e. The van der Waals surface area contributed by atoms with Crippen molar-refractivity contribution in [2.45, 2.75) is 32.1 Å². The zero-order valence-electron chi connectivity index (χ0n) is 10.5. The van der Waals surface area contributed by atoms with Crippen LogP contribution in [0.1, 0.15) is 32.1 Å². The van der Waals surface area contributed by atoms with Gasteiger partial charge in [0, 0.05) is 6.07 Å². The molecule has 0 atom stereocenters. The van der Waals surface area contributed by atoms with Crippen LogP contribution in [-0.4, -0.2) is 13.6 Å². The third kappa shape index (κ3) is 3.88. The summed E-state index contributed by atoms with van der Waals surface area (Å²) in [5.74, 6) is -0.800. The average Bonchev–Trinajstić information content (AvgIpc) is 2.36. The molecular formula is C13H16BF4O-. The summed E-state index contributed by atoms with van der Waals surface area (Å²) in [5, 5.41) is 0. The van der Waals surface area contributed by atoms with Gasteiger partial charge in [-0.15, -0.1) is 0 Å². The quantitative estimate of drug-likeness (QED) is 0.599. The van der Waals surface area contributed by atoms with Crippen molar-refractivity contribution in [1.29, 1.82) is 0 Å². The molecule has 0 saturated heterocycles. The van der Waals surface area contributed by atoms with Crippen molar-refractivity contribution >= 4 is 12.4 Å². The molecule has 0 bridgehead atoms. The van der Waals surface area contributed by atoms with E-state index in [4.69, 9.17) is 4.74 Å². The Morgan fingerprint density at radius 2 is 1.79 bits per heavy atom.